The quantitative estimate of drug-likeness (QED) is 0.0792. The Balaban J connectivity index is 0.000000334. The van der Waals surface area contributed by atoms with Gasteiger partial charge in [0.1, 0.15) is 0 Å². The second-order valence-electron chi connectivity index (χ2n) is 15.6. The first-order valence-corrected chi connectivity index (χ1v) is 18.0. The smallest absolute Gasteiger partial charge is 0.162 e. The molecule has 1 fully saturated rings. The number of carbonyl (C=O) groups excluding carboxylic acids is 1. The summed E-state index contributed by atoms with van der Waals surface area (Å²) in [4.78, 5) is 16.6. The second kappa shape index (κ2) is 16.7. The molecule has 0 bridgehead atoms. The minimum Gasteiger partial charge on any atom is -0.512 e. The molecule has 48 heavy (non-hydrogen) atoms. The number of nitrogens with zero attached hydrogens (tertiary/aromatic N) is 1. The number of benzene rings is 3. The Morgan fingerprint density at radius 2 is 1.42 bits per heavy atom. The van der Waals surface area contributed by atoms with Crippen molar-refractivity contribution in [2.45, 2.75) is 120 Å². The van der Waals surface area contributed by atoms with Crippen molar-refractivity contribution < 1.29 is 30.0 Å². The maximum absolute atomic E-state index is 11.7. The van der Waals surface area contributed by atoms with Gasteiger partial charge in [-0.3, -0.25) is 4.79 Å². The molecule has 5 rings (SSSR count). The van der Waals surface area contributed by atoms with Crippen LogP contribution in [0.1, 0.15) is 123 Å². The summed E-state index contributed by atoms with van der Waals surface area (Å²) in [6.45, 7) is 22.1. The Labute approximate surface area is 304 Å². The van der Waals surface area contributed by atoms with Crippen LogP contribution in [0.25, 0.3) is 32.8 Å². The van der Waals surface area contributed by atoms with E-state index in [9.17, 15) is 9.90 Å². The molecule has 1 saturated carbocycles. The molecular formula is C44H58IrNO2-. The van der Waals surface area contributed by atoms with Crippen LogP contribution in [0, 0.1) is 42.6 Å². The normalized spacial score (nSPS) is 16.1. The molecule has 1 aliphatic carbocycles. The molecule has 4 aromatic rings. The Morgan fingerprint density at radius 1 is 0.854 bits per heavy atom. The van der Waals surface area contributed by atoms with Gasteiger partial charge in [-0.1, -0.05) is 99.6 Å². The monoisotopic (exact) mass is 825 g/mol. The van der Waals surface area contributed by atoms with E-state index < -0.39 is 0 Å². The first-order chi connectivity index (χ1) is 22.2. The summed E-state index contributed by atoms with van der Waals surface area (Å²) in [5.74, 6) is 1.10. The zero-order chi connectivity index (χ0) is 34.5. The van der Waals surface area contributed by atoms with Crippen molar-refractivity contribution in [3.05, 3.63) is 89.3 Å². The maximum atomic E-state index is 11.7. The van der Waals surface area contributed by atoms with Crippen LogP contribution in [0.15, 0.2) is 66.6 Å². The maximum Gasteiger partial charge on any atom is 0.162 e. The van der Waals surface area contributed by atoms with Crippen molar-refractivity contribution in [3.63, 3.8) is 0 Å². The Kier molecular flexibility index (Phi) is 13.8. The van der Waals surface area contributed by atoms with Gasteiger partial charge in [0.25, 0.3) is 0 Å². The Morgan fingerprint density at radius 3 is 1.98 bits per heavy atom. The van der Waals surface area contributed by atoms with Gasteiger partial charge in [0, 0.05) is 44.2 Å². The van der Waals surface area contributed by atoms with Gasteiger partial charge in [-0.2, -0.15) is 0 Å². The van der Waals surface area contributed by atoms with Crippen LogP contribution in [-0.2, 0) is 24.9 Å². The zero-order valence-electron chi connectivity index (χ0n) is 31.1. The van der Waals surface area contributed by atoms with E-state index >= 15 is 0 Å². The molecule has 0 unspecified atom stereocenters. The Hall–Kier alpha value is -2.81. The molecule has 1 radical (unpaired) electrons. The van der Waals surface area contributed by atoms with Gasteiger partial charge in [-0.05, 0) is 101 Å². The first-order valence-electron chi connectivity index (χ1n) is 18.0. The van der Waals surface area contributed by atoms with Crippen molar-refractivity contribution in [2.75, 3.05) is 0 Å². The molecule has 1 aromatic heterocycles. The predicted molar refractivity (Wildman–Crippen MR) is 201 cm³/mol. The van der Waals surface area contributed by atoms with E-state index in [2.05, 4.69) is 96.1 Å². The third-order valence-electron chi connectivity index (χ3n) is 10.3. The summed E-state index contributed by atoms with van der Waals surface area (Å²) in [7, 11) is 0. The minimum atomic E-state index is 0. The van der Waals surface area contributed by atoms with E-state index in [1.807, 2.05) is 33.9 Å². The largest absolute Gasteiger partial charge is 0.512 e. The number of hydrogen-bond acceptors (Lipinski definition) is 3. The van der Waals surface area contributed by atoms with Crippen molar-refractivity contribution in [1.82, 2.24) is 4.98 Å². The van der Waals surface area contributed by atoms with E-state index in [-0.39, 0.29) is 43.5 Å². The standard InChI is InChI=1S/C31H34N.C13H24O2.Ir/c1-20-13-21(2)15-22(14-20)29-28-16-27(23-17-30(3,4)19-31(5,6)18-23)25-10-8-7-9-24(25)26(28)11-12-32-29;1-5-10(6-2)12(14)9-13(15)11(7-3)8-4;/h7-14,16,23H,17-19H2,1-6H3;9-11,14H,5-8H2,1-4H3;/q-1;;/b;12-9-;. The van der Waals surface area contributed by atoms with Crippen LogP contribution >= 0.6 is 0 Å². The zero-order valence-corrected chi connectivity index (χ0v) is 33.5. The fourth-order valence-corrected chi connectivity index (χ4v) is 8.48. The number of aliphatic hydroxyl groups excluding tert-OH is 1. The van der Waals surface area contributed by atoms with Crippen LogP contribution in [-0.4, -0.2) is 15.9 Å². The fourth-order valence-electron chi connectivity index (χ4n) is 8.48. The van der Waals surface area contributed by atoms with Gasteiger partial charge in [0.05, 0.1) is 5.76 Å². The van der Waals surface area contributed by atoms with Crippen LogP contribution in [0.4, 0.5) is 0 Å². The predicted octanol–water partition coefficient (Wildman–Crippen LogP) is 12.7. The Bertz CT molecular complexity index is 1690. The van der Waals surface area contributed by atoms with Crippen molar-refractivity contribution in [2.24, 2.45) is 22.7 Å². The molecule has 0 spiro atoms. The van der Waals surface area contributed by atoms with Crippen molar-refractivity contribution in [3.8, 4) is 11.3 Å². The van der Waals surface area contributed by atoms with E-state index in [1.165, 1.54) is 58.0 Å². The molecule has 0 aliphatic heterocycles. The van der Waals surface area contributed by atoms with Gasteiger partial charge in [0.15, 0.2) is 5.78 Å². The fraction of sp³-hybridized carbons (Fsp3) is 0.500. The van der Waals surface area contributed by atoms with Gasteiger partial charge in [0.2, 0.25) is 0 Å². The summed E-state index contributed by atoms with van der Waals surface area (Å²) < 4.78 is 0. The summed E-state index contributed by atoms with van der Waals surface area (Å²) in [5.41, 5.74) is 6.76. The number of rotatable bonds is 9. The summed E-state index contributed by atoms with van der Waals surface area (Å²) >= 11 is 0. The number of aromatic nitrogens is 1. The molecule has 0 amide bonds. The molecule has 3 aromatic carbocycles. The van der Waals surface area contributed by atoms with Crippen LogP contribution in [0.5, 0.6) is 0 Å². The van der Waals surface area contributed by atoms with Crippen LogP contribution < -0.4 is 0 Å². The number of carbonyl (C=O) groups is 1. The van der Waals surface area contributed by atoms with Crippen molar-refractivity contribution >= 4 is 27.3 Å². The molecule has 1 heterocycles. The summed E-state index contributed by atoms with van der Waals surface area (Å²) in [6, 6.07) is 21.6. The number of allylic oxidation sites excluding steroid dienone is 2. The number of hydrogen-bond donors (Lipinski definition) is 1. The molecule has 1 aliphatic rings. The number of fused-ring (bicyclic) bond motifs is 3. The molecule has 261 valence electrons. The third-order valence-corrected chi connectivity index (χ3v) is 10.3. The second-order valence-corrected chi connectivity index (χ2v) is 15.6. The van der Waals surface area contributed by atoms with Crippen molar-refractivity contribution in [1.29, 1.82) is 0 Å². The van der Waals surface area contributed by atoms with Gasteiger partial charge >= 0.3 is 0 Å². The summed E-state index contributed by atoms with van der Waals surface area (Å²) in [6.07, 6.45) is 10.6. The SMILES string of the molecule is CCC(CC)C(=O)/C=C(\O)C(CC)CC.Cc1[c-]c(-c2nccc3c2cc(C2CC(C)(C)CC(C)(C)C2)c2ccccc23)cc(C)c1.[Ir]. The number of pyridine rings is 1. The molecule has 1 N–H and O–H groups in total. The third kappa shape index (κ3) is 9.45. The van der Waals surface area contributed by atoms with E-state index in [1.54, 1.807) is 0 Å². The average Bonchev–Trinajstić information content (AvgIpc) is 3.00. The molecule has 4 heteroatoms. The molecule has 0 atom stereocenters. The van der Waals surface area contributed by atoms with Gasteiger partial charge < -0.3 is 10.1 Å². The topological polar surface area (TPSA) is 50.2 Å². The first kappa shape index (κ1) is 39.6. The van der Waals surface area contributed by atoms with Gasteiger partial charge in [-0.25, -0.2) is 0 Å². The van der Waals surface area contributed by atoms with Crippen LogP contribution in [0.3, 0.4) is 0 Å². The van der Waals surface area contributed by atoms with Gasteiger partial charge in [-0.15, -0.1) is 34.9 Å². The summed E-state index contributed by atoms with van der Waals surface area (Å²) in [5, 5.41) is 15.0. The molecule has 3 nitrogen and oxygen atoms in total. The average molecular weight is 825 g/mol. The molecular weight excluding hydrogens is 767 g/mol. The number of ketones is 1. The van der Waals surface area contributed by atoms with E-state index in [0.29, 0.717) is 16.7 Å². The number of aliphatic hydroxyl groups is 1. The van der Waals surface area contributed by atoms with E-state index in [0.717, 1.165) is 42.5 Å². The van der Waals surface area contributed by atoms with E-state index in [4.69, 9.17) is 4.98 Å². The minimum absolute atomic E-state index is 0. The molecule has 0 saturated heterocycles. The van der Waals surface area contributed by atoms with Crippen LogP contribution in [0.2, 0.25) is 0 Å². The number of aryl methyl sites for hydroxylation is 2.